The zero-order valence-electron chi connectivity index (χ0n) is 20.4. The Morgan fingerprint density at radius 1 is 1.20 bits per heavy atom. The molecule has 1 fully saturated rings. The van der Waals surface area contributed by atoms with E-state index < -0.39 is 65.6 Å². The SMILES string of the molecule is C[C@@H](O[Si](C)(C)C(C)(C)C)[C@@H]1C(=O)N2C(C(=O)O)=C(CS(=O)(=O)c3ccc(C(F)(F)F)cc3)C[C@H]12. The van der Waals surface area contributed by atoms with Crippen molar-refractivity contribution in [3.8, 4) is 0 Å². The van der Waals surface area contributed by atoms with Gasteiger partial charge in [0.15, 0.2) is 18.2 Å². The number of carbonyl (C=O) groups is 2. The standard InChI is InChI=1S/C23H30F3NO6SSi/c1-13(33-35(5,6)22(2,3)4)18-17-11-14(19(21(29)30)27(17)20(18)28)12-34(31,32)16-9-7-15(8-10-16)23(24,25)26/h7-10,13,17-18H,11-12H2,1-6H3,(H,29,30)/t13-,17-,18+/m1/s1. The number of nitrogens with zero attached hydrogens (tertiary/aromatic N) is 1. The molecule has 7 nitrogen and oxygen atoms in total. The molecule has 2 heterocycles. The minimum atomic E-state index is -4.61. The summed E-state index contributed by atoms with van der Waals surface area (Å²) in [5.74, 6) is -3.16. The predicted molar refractivity (Wildman–Crippen MR) is 125 cm³/mol. The van der Waals surface area contributed by atoms with Crippen molar-refractivity contribution in [3.05, 3.63) is 41.1 Å². The van der Waals surface area contributed by atoms with Crippen molar-refractivity contribution in [2.45, 2.75) is 75.5 Å². The lowest BCUT2D eigenvalue weighted by molar-refractivity contribution is -0.160. The number of carbonyl (C=O) groups excluding carboxylic acids is 1. The Morgan fingerprint density at radius 3 is 2.20 bits per heavy atom. The Balaban J connectivity index is 1.84. The lowest BCUT2D eigenvalue weighted by atomic mass is 9.83. The second-order valence-electron chi connectivity index (χ2n) is 10.6. The first kappa shape index (κ1) is 27.4. The highest BCUT2D eigenvalue weighted by Crippen LogP contribution is 2.47. The third-order valence-corrected chi connectivity index (χ3v) is 13.5. The van der Waals surface area contributed by atoms with E-state index in [1.807, 2.05) is 13.1 Å². The van der Waals surface area contributed by atoms with Gasteiger partial charge in [0.1, 0.15) is 5.70 Å². The van der Waals surface area contributed by atoms with E-state index in [0.717, 1.165) is 17.0 Å². The molecule has 1 amide bonds. The quantitative estimate of drug-likeness (QED) is 0.410. The summed E-state index contributed by atoms with van der Waals surface area (Å²) in [6.45, 7) is 12.0. The lowest BCUT2D eigenvalue weighted by Crippen LogP contribution is -2.63. The van der Waals surface area contributed by atoms with Crippen molar-refractivity contribution in [1.29, 1.82) is 0 Å². The van der Waals surface area contributed by atoms with Gasteiger partial charge in [-0.25, -0.2) is 13.2 Å². The zero-order valence-corrected chi connectivity index (χ0v) is 22.2. The van der Waals surface area contributed by atoms with E-state index in [1.54, 1.807) is 6.92 Å². The van der Waals surface area contributed by atoms with E-state index in [4.69, 9.17) is 4.43 Å². The van der Waals surface area contributed by atoms with Gasteiger partial charge >= 0.3 is 12.1 Å². The van der Waals surface area contributed by atoms with E-state index in [9.17, 15) is 36.3 Å². The van der Waals surface area contributed by atoms with Crippen molar-refractivity contribution >= 4 is 30.0 Å². The molecule has 35 heavy (non-hydrogen) atoms. The summed E-state index contributed by atoms with van der Waals surface area (Å²) in [4.78, 5) is 25.7. The molecule has 3 rings (SSSR count). The van der Waals surface area contributed by atoms with E-state index >= 15 is 0 Å². The highest BCUT2D eigenvalue weighted by Gasteiger charge is 2.58. The van der Waals surface area contributed by atoms with Crippen LogP contribution in [0.3, 0.4) is 0 Å². The summed E-state index contributed by atoms with van der Waals surface area (Å²) >= 11 is 0. The van der Waals surface area contributed by atoms with Gasteiger partial charge in [-0.1, -0.05) is 20.8 Å². The molecule has 2 aliphatic heterocycles. The van der Waals surface area contributed by atoms with Crippen molar-refractivity contribution in [2.75, 3.05) is 5.75 Å². The van der Waals surface area contributed by atoms with E-state index in [-0.39, 0.29) is 27.6 Å². The number of sulfone groups is 1. The molecule has 12 heteroatoms. The first-order chi connectivity index (χ1) is 15.8. The van der Waals surface area contributed by atoms with Crippen LogP contribution >= 0.6 is 0 Å². The largest absolute Gasteiger partial charge is 0.477 e. The zero-order chi connectivity index (χ0) is 26.7. The van der Waals surface area contributed by atoms with Gasteiger partial charge in [0, 0.05) is 0 Å². The minimum absolute atomic E-state index is 0.0447. The average Bonchev–Trinajstić information content (AvgIpc) is 2.99. The third-order valence-electron chi connectivity index (χ3n) is 7.20. The van der Waals surface area contributed by atoms with Gasteiger partial charge in [0.25, 0.3) is 0 Å². The number of β-lactam (4-membered cyclic amide) rings is 1. The van der Waals surface area contributed by atoms with Crippen molar-refractivity contribution in [2.24, 2.45) is 5.92 Å². The summed E-state index contributed by atoms with van der Waals surface area (Å²) in [6, 6.07) is 2.51. The Kier molecular flexibility index (Phi) is 6.84. The second kappa shape index (κ2) is 8.73. The van der Waals surface area contributed by atoms with Gasteiger partial charge in [0.05, 0.1) is 34.3 Å². The summed E-state index contributed by atoms with van der Waals surface area (Å²) in [7, 11) is -6.37. The van der Waals surface area contributed by atoms with Crippen LogP contribution in [-0.4, -0.2) is 56.5 Å². The fourth-order valence-corrected chi connectivity index (χ4v) is 7.22. The van der Waals surface area contributed by atoms with Crippen LogP contribution in [0.15, 0.2) is 40.4 Å². The van der Waals surface area contributed by atoms with Gasteiger partial charge in [-0.3, -0.25) is 4.79 Å². The van der Waals surface area contributed by atoms with Gasteiger partial charge in [-0.05, 0) is 61.3 Å². The molecule has 1 N–H and O–H groups in total. The fourth-order valence-electron chi connectivity index (χ4n) is 4.35. The number of benzene rings is 1. The summed E-state index contributed by atoms with van der Waals surface area (Å²) < 4.78 is 70.6. The van der Waals surface area contributed by atoms with Crippen LogP contribution in [0.4, 0.5) is 13.2 Å². The second-order valence-corrected chi connectivity index (χ2v) is 17.4. The topological polar surface area (TPSA) is 101 Å². The highest BCUT2D eigenvalue weighted by molar-refractivity contribution is 7.91. The number of carboxylic acids is 1. The molecule has 0 spiro atoms. The lowest BCUT2D eigenvalue weighted by Gasteiger charge is -2.48. The maximum atomic E-state index is 13.0. The average molecular weight is 534 g/mol. The molecule has 3 atom stereocenters. The van der Waals surface area contributed by atoms with Gasteiger partial charge in [-0.15, -0.1) is 0 Å². The third kappa shape index (κ3) is 5.05. The van der Waals surface area contributed by atoms with Crippen LogP contribution in [0.5, 0.6) is 0 Å². The number of aliphatic carboxylic acids is 1. The molecule has 0 bridgehead atoms. The normalized spacial score (nSPS) is 22.2. The number of hydrogen-bond donors (Lipinski definition) is 1. The molecule has 0 unspecified atom stereocenters. The van der Waals surface area contributed by atoms with Crippen molar-refractivity contribution in [1.82, 2.24) is 4.90 Å². The Hall–Kier alpha value is -2.18. The molecular formula is C23H30F3NO6SSi. The number of halogens is 3. The van der Waals surface area contributed by atoms with Crippen LogP contribution < -0.4 is 0 Å². The van der Waals surface area contributed by atoms with E-state index in [1.165, 1.54) is 0 Å². The molecule has 2 aliphatic rings. The van der Waals surface area contributed by atoms with Gasteiger partial charge in [-0.2, -0.15) is 13.2 Å². The van der Waals surface area contributed by atoms with Crippen LogP contribution in [0.1, 0.15) is 39.7 Å². The molecule has 1 saturated heterocycles. The van der Waals surface area contributed by atoms with Crippen molar-refractivity contribution < 1.29 is 40.7 Å². The Labute approximate surface area is 204 Å². The van der Waals surface area contributed by atoms with E-state index in [2.05, 4.69) is 20.8 Å². The summed E-state index contributed by atoms with van der Waals surface area (Å²) in [6.07, 6.45) is -5.05. The fraction of sp³-hybridized carbons (Fsp3) is 0.565. The summed E-state index contributed by atoms with van der Waals surface area (Å²) in [5.41, 5.74) is -1.31. The monoisotopic (exact) mass is 533 g/mol. The van der Waals surface area contributed by atoms with Crippen LogP contribution in [0.2, 0.25) is 18.1 Å². The number of hydrogen-bond acceptors (Lipinski definition) is 5. The van der Waals surface area contributed by atoms with E-state index in [0.29, 0.717) is 12.1 Å². The molecule has 0 aliphatic carbocycles. The molecule has 194 valence electrons. The maximum absolute atomic E-state index is 13.0. The van der Waals surface area contributed by atoms with Gasteiger partial charge < -0.3 is 14.4 Å². The smallest absolute Gasteiger partial charge is 0.416 e. The van der Waals surface area contributed by atoms with Gasteiger partial charge in [0.2, 0.25) is 5.91 Å². The number of alkyl halides is 3. The Morgan fingerprint density at radius 2 is 1.74 bits per heavy atom. The van der Waals surface area contributed by atoms with Crippen LogP contribution in [-0.2, 0) is 30.0 Å². The number of carboxylic acid groups (broad SMARTS) is 1. The minimum Gasteiger partial charge on any atom is -0.477 e. The first-order valence-corrected chi connectivity index (χ1v) is 15.7. The molecule has 0 radical (unpaired) electrons. The highest BCUT2D eigenvalue weighted by atomic mass is 32.2. The maximum Gasteiger partial charge on any atom is 0.416 e. The first-order valence-electron chi connectivity index (χ1n) is 11.1. The number of rotatable bonds is 7. The molecule has 0 aromatic heterocycles. The predicted octanol–water partition coefficient (Wildman–Crippen LogP) is 4.46. The Bertz CT molecular complexity index is 1170. The molecule has 1 aromatic carbocycles. The van der Waals surface area contributed by atoms with Crippen molar-refractivity contribution in [3.63, 3.8) is 0 Å². The molecule has 0 saturated carbocycles. The summed E-state index contributed by atoms with van der Waals surface area (Å²) in [5, 5.41) is 9.64. The van der Waals surface area contributed by atoms with Crippen LogP contribution in [0, 0.1) is 5.92 Å². The molecule has 1 aromatic rings. The molecular weight excluding hydrogens is 503 g/mol. The van der Waals surface area contributed by atoms with Crippen LogP contribution in [0.25, 0.3) is 0 Å². The number of fused-ring (bicyclic) bond motifs is 1. The number of amides is 1.